The molecule has 0 unspecified atom stereocenters. The van der Waals surface area contributed by atoms with Crippen molar-refractivity contribution in [3.8, 4) is 17.6 Å². The van der Waals surface area contributed by atoms with Gasteiger partial charge in [0, 0.05) is 17.7 Å². The van der Waals surface area contributed by atoms with E-state index in [0.29, 0.717) is 11.3 Å². The number of nitriles is 1. The summed E-state index contributed by atoms with van der Waals surface area (Å²) in [7, 11) is 1.49. The predicted molar refractivity (Wildman–Crippen MR) is 64.0 cm³/mol. The number of aromatic hydroxyl groups is 1. The number of phenols is 1. The quantitative estimate of drug-likeness (QED) is 0.819. The molecule has 17 heavy (non-hydrogen) atoms. The summed E-state index contributed by atoms with van der Waals surface area (Å²) in [5, 5.41) is 22.4. The summed E-state index contributed by atoms with van der Waals surface area (Å²) in [4.78, 5) is 0. The van der Waals surface area contributed by atoms with E-state index in [1.807, 2.05) is 0 Å². The number of benzene rings is 1. The van der Waals surface area contributed by atoms with Crippen molar-refractivity contribution in [3.63, 3.8) is 0 Å². The third-order valence-electron chi connectivity index (χ3n) is 3.14. The van der Waals surface area contributed by atoms with E-state index in [9.17, 15) is 5.11 Å². The number of nitrogens with one attached hydrogen (secondary N) is 1. The molecule has 1 aromatic carbocycles. The molecule has 0 radical (unpaired) electrons. The number of piperidine rings is 1. The van der Waals surface area contributed by atoms with Gasteiger partial charge < -0.3 is 15.2 Å². The Morgan fingerprint density at radius 3 is 2.88 bits per heavy atom. The monoisotopic (exact) mass is 232 g/mol. The minimum absolute atomic E-state index is 0.117. The first-order valence-electron chi connectivity index (χ1n) is 5.80. The van der Waals surface area contributed by atoms with Crippen LogP contribution in [0.1, 0.15) is 36.4 Å². The lowest BCUT2D eigenvalue weighted by atomic mass is 9.95. The lowest BCUT2D eigenvalue weighted by Gasteiger charge is -2.25. The highest BCUT2D eigenvalue weighted by atomic mass is 16.5. The second-order valence-corrected chi connectivity index (χ2v) is 4.23. The van der Waals surface area contributed by atoms with Crippen LogP contribution in [0.2, 0.25) is 0 Å². The molecule has 1 saturated heterocycles. The molecule has 0 aliphatic carbocycles. The molecule has 1 aliphatic rings. The maximum atomic E-state index is 10.1. The van der Waals surface area contributed by atoms with Gasteiger partial charge in [-0.2, -0.15) is 5.26 Å². The number of phenolic OH excluding ortho intramolecular Hbond substituents is 1. The van der Waals surface area contributed by atoms with Gasteiger partial charge in [0.15, 0.2) is 11.5 Å². The Balaban J connectivity index is 2.40. The molecule has 1 atom stereocenters. The van der Waals surface area contributed by atoms with Gasteiger partial charge >= 0.3 is 0 Å². The molecule has 0 saturated carbocycles. The summed E-state index contributed by atoms with van der Waals surface area (Å²) in [6.45, 7) is 0.948. The molecule has 1 aliphatic heterocycles. The van der Waals surface area contributed by atoms with Crippen LogP contribution in [0.5, 0.6) is 11.5 Å². The van der Waals surface area contributed by atoms with E-state index in [-0.39, 0.29) is 11.8 Å². The van der Waals surface area contributed by atoms with Gasteiger partial charge in [0.25, 0.3) is 0 Å². The van der Waals surface area contributed by atoms with Gasteiger partial charge in [0.1, 0.15) is 0 Å². The summed E-state index contributed by atoms with van der Waals surface area (Å²) in [5.74, 6) is 0.511. The lowest BCUT2D eigenvalue weighted by Crippen LogP contribution is -2.26. The van der Waals surface area contributed by atoms with E-state index < -0.39 is 0 Å². The van der Waals surface area contributed by atoms with E-state index in [4.69, 9.17) is 10.00 Å². The summed E-state index contributed by atoms with van der Waals surface area (Å²) in [6.07, 6.45) is 3.27. The molecule has 0 bridgehead atoms. The number of nitrogens with zero attached hydrogens (tertiary/aromatic N) is 1. The predicted octanol–water partition coefficient (Wildman–Crippen LogP) is 2.09. The molecule has 2 rings (SSSR count). The fourth-order valence-corrected chi connectivity index (χ4v) is 2.23. The van der Waals surface area contributed by atoms with E-state index >= 15 is 0 Å². The van der Waals surface area contributed by atoms with Crippen LogP contribution < -0.4 is 10.1 Å². The normalized spacial score (nSPS) is 19.6. The average molecular weight is 232 g/mol. The van der Waals surface area contributed by atoms with E-state index in [0.717, 1.165) is 31.4 Å². The minimum Gasteiger partial charge on any atom is -0.504 e. The zero-order valence-electron chi connectivity index (χ0n) is 9.86. The van der Waals surface area contributed by atoms with Crippen LogP contribution >= 0.6 is 0 Å². The van der Waals surface area contributed by atoms with Crippen molar-refractivity contribution >= 4 is 0 Å². The first-order valence-corrected chi connectivity index (χ1v) is 5.80. The number of hydrogen-bond donors (Lipinski definition) is 2. The fourth-order valence-electron chi connectivity index (χ4n) is 2.23. The zero-order chi connectivity index (χ0) is 12.3. The van der Waals surface area contributed by atoms with Crippen molar-refractivity contribution in [1.29, 1.82) is 5.26 Å². The highest BCUT2D eigenvalue weighted by molar-refractivity contribution is 5.52. The van der Waals surface area contributed by atoms with Crippen LogP contribution in [0.4, 0.5) is 0 Å². The standard InChI is InChI=1S/C13H16N2O2/c1-17-12-7-9(8-14)6-10(13(12)16)11-4-2-3-5-15-11/h6-7,11,15-16H,2-5H2,1H3/t11-/m0/s1. The van der Waals surface area contributed by atoms with Crippen LogP contribution in [-0.4, -0.2) is 18.8 Å². The molecule has 90 valence electrons. The molecule has 1 aromatic rings. The summed E-state index contributed by atoms with van der Waals surface area (Å²) in [6, 6.07) is 5.50. The maximum absolute atomic E-state index is 10.1. The van der Waals surface area contributed by atoms with Gasteiger partial charge in [-0.3, -0.25) is 0 Å². The number of ether oxygens (including phenoxy) is 1. The molecule has 0 aromatic heterocycles. The minimum atomic E-state index is 0.117. The van der Waals surface area contributed by atoms with Gasteiger partial charge in [-0.05, 0) is 25.5 Å². The maximum Gasteiger partial charge on any atom is 0.162 e. The van der Waals surface area contributed by atoms with E-state index in [1.165, 1.54) is 7.11 Å². The first-order chi connectivity index (χ1) is 8.26. The van der Waals surface area contributed by atoms with Gasteiger partial charge in [0.05, 0.1) is 18.7 Å². The van der Waals surface area contributed by atoms with Crippen molar-refractivity contribution in [2.24, 2.45) is 0 Å². The molecule has 0 amide bonds. The Hall–Kier alpha value is -1.73. The van der Waals surface area contributed by atoms with Gasteiger partial charge in [-0.1, -0.05) is 6.42 Å². The topological polar surface area (TPSA) is 65.3 Å². The fraction of sp³-hybridized carbons (Fsp3) is 0.462. The molecule has 1 heterocycles. The Bertz CT molecular complexity index is 445. The third kappa shape index (κ3) is 2.34. The van der Waals surface area contributed by atoms with Crippen molar-refractivity contribution in [2.45, 2.75) is 25.3 Å². The van der Waals surface area contributed by atoms with Crippen LogP contribution in [0, 0.1) is 11.3 Å². The van der Waals surface area contributed by atoms with Crippen molar-refractivity contribution < 1.29 is 9.84 Å². The Morgan fingerprint density at radius 1 is 1.47 bits per heavy atom. The largest absolute Gasteiger partial charge is 0.504 e. The van der Waals surface area contributed by atoms with Crippen LogP contribution in [0.15, 0.2) is 12.1 Å². The summed E-state index contributed by atoms with van der Waals surface area (Å²) < 4.78 is 5.09. The average Bonchev–Trinajstić information content (AvgIpc) is 2.40. The van der Waals surface area contributed by atoms with E-state index in [1.54, 1.807) is 12.1 Å². The number of hydrogen-bond acceptors (Lipinski definition) is 4. The van der Waals surface area contributed by atoms with Crippen molar-refractivity contribution in [3.05, 3.63) is 23.3 Å². The molecule has 2 N–H and O–H groups in total. The second kappa shape index (κ2) is 5.07. The van der Waals surface area contributed by atoms with Gasteiger partial charge in [-0.15, -0.1) is 0 Å². The van der Waals surface area contributed by atoms with Gasteiger partial charge in [0.2, 0.25) is 0 Å². The SMILES string of the molecule is COc1cc(C#N)cc([C@@H]2CCCCN2)c1O. The lowest BCUT2D eigenvalue weighted by molar-refractivity contribution is 0.354. The second-order valence-electron chi connectivity index (χ2n) is 4.23. The van der Waals surface area contributed by atoms with Crippen LogP contribution in [0.25, 0.3) is 0 Å². The molecule has 1 fully saturated rings. The number of rotatable bonds is 2. The van der Waals surface area contributed by atoms with Crippen LogP contribution in [0.3, 0.4) is 0 Å². The van der Waals surface area contributed by atoms with E-state index in [2.05, 4.69) is 11.4 Å². The molecular formula is C13H16N2O2. The highest BCUT2D eigenvalue weighted by Crippen LogP contribution is 2.37. The molecule has 0 spiro atoms. The first kappa shape index (κ1) is 11.7. The van der Waals surface area contributed by atoms with Crippen molar-refractivity contribution in [2.75, 3.05) is 13.7 Å². The Labute approximate surface area is 101 Å². The molecular weight excluding hydrogens is 216 g/mol. The third-order valence-corrected chi connectivity index (χ3v) is 3.14. The summed E-state index contributed by atoms with van der Waals surface area (Å²) >= 11 is 0. The highest BCUT2D eigenvalue weighted by Gasteiger charge is 2.21. The Kier molecular flexibility index (Phi) is 3.50. The molecule has 4 heteroatoms. The number of methoxy groups -OCH3 is 1. The zero-order valence-corrected chi connectivity index (χ0v) is 9.86. The smallest absolute Gasteiger partial charge is 0.162 e. The van der Waals surface area contributed by atoms with Crippen LogP contribution in [-0.2, 0) is 0 Å². The summed E-state index contributed by atoms with van der Waals surface area (Å²) in [5.41, 5.74) is 1.28. The Morgan fingerprint density at radius 2 is 2.29 bits per heavy atom. The molecule has 4 nitrogen and oxygen atoms in total. The van der Waals surface area contributed by atoms with Gasteiger partial charge in [-0.25, -0.2) is 0 Å². The van der Waals surface area contributed by atoms with Crippen molar-refractivity contribution in [1.82, 2.24) is 5.32 Å².